The largest absolute Gasteiger partial charge is 0.395 e. The summed E-state index contributed by atoms with van der Waals surface area (Å²) in [6.45, 7) is 5.60. The lowest BCUT2D eigenvalue weighted by Gasteiger charge is -2.36. The number of hydrogen-bond donors (Lipinski definition) is 1. The smallest absolute Gasteiger partial charge is 0.314 e. The van der Waals surface area contributed by atoms with E-state index in [9.17, 15) is 13.2 Å². The van der Waals surface area contributed by atoms with Crippen molar-refractivity contribution in [2.24, 2.45) is 5.41 Å². The topological polar surface area (TPSA) is 15.3 Å². The Morgan fingerprint density at radius 2 is 1.60 bits per heavy atom. The summed E-state index contributed by atoms with van der Waals surface area (Å²) in [6, 6.07) is 0. The zero-order valence-corrected chi connectivity index (χ0v) is 9.84. The molecule has 2 nitrogen and oxygen atoms in total. The molecule has 6 heteroatoms. The van der Waals surface area contributed by atoms with Crippen LogP contribution in [-0.2, 0) is 0 Å². The number of alkyl halides is 3. The van der Waals surface area contributed by atoms with Gasteiger partial charge in [0.05, 0.1) is 5.41 Å². The first kappa shape index (κ1) is 15.0. The maximum Gasteiger partial charge on any atom is 0.395 e. The summed E-state index contributed by atoms with van der Waals surface area (Å²) in [7, 11) is 0. The highest BCUT2D eigenvalue weighted by Crippen LogP contribution is 2.37. The van der Waals surface area contributed by atoms with E-state index in [4.69, 9.17) is 0 Å². The van der Waals surface area contributed by atoms with Gasteiger partial charge in [-0.05, 0) is 13.8 Å². The van der Waals surface area contributed by atoms with E-state index in [1.807, 2.05) is 4.90 Å². The summed E-state index contributed by atoms with van der Waals surface area (Å²) in [5.74, 6) is 0. The van der Waals surface area contributed by atoms with E-state index in [-0.39, 0.29) is 19.0 Å². The van der Waals surface area contributed by atoms with Gasteiger partial charge < -0.3 is 5.32 Å². The first-order valence-electron chi connectivity index (χ1n) is 4.83. The first-order valence-corrected chi connectivity index (χ1v) is 4.83. The molecule has 0 aromatic rings. The molecule has 0 aliphatic carbocycles. The van der Waals surface area contributed by atoms with Gasteiger partial charge in [-0.2, -0.15) is 13.2 Å². The number of piperazine rings is 1. The number of hydrogen-bond acceptors (Lipinski definition) is 2. The maximum atomic E-state index is 12.5. The lowest BCUT2D eigenvalue weighted by atomic mass is 9.92. The van der Waals surface area contributed by atoms with Gasteiger partial charge in [0.1, 0.15) is 0 Å². The Kier molecular flexibility index (Phi) is 5.37. The molecular formula is C9H18ClF3N2. The number of rotatable bonds is 2. The molecule has 0 spiro atoms. The van der Waals surface area contributed by atoms with E-state index >= 15 is 0 Å². The van der Waals surface area contributed by atoms with Crippen LogP contribution in [0.4, 0.5) is 13.2 Å². The van der Waals surface area contributed by atoms with Crippen LogP contribution in [0, 0.1) is 5.41 Å². The molecule has 1 fully saturated rings. The third-order valence-corrected chi connectivity index (χ3v) is 2.60. The molecule has 0 amide bonds. The van der Waals surface area contributed by atoms with Crippen molar-refractivity contribution in [3.8, 4) is 0 Å². The fourth-order valence-electron chi connectivity index (χ4n) is 1.52. The Balaban J connectivity index is 0.00000196. The molecule has 0 aromatic heterocycles. The summed E-state index contributed by atoms with van der Waals surface area (Å²) >= 11 is 0. The third-order valence-electron chi connectivity index (χ3n) is 2.60. The zero-order chi connectivity index (χ0) is 10.8. The van der Waals surface area contributed by atoms with Crippen LogP contribution in [0.2, 0.25) is 0 Å². The summed E-state index contributed by atoms with van der Waals surface area (Å²) in [6.07, 6.45) is -4.11. The predicted octanol–water partition coefficient (Wildman–Crippen LogP) is 1.90. The monoisotopic (exact) mass is 246 g/mol. The molecule has 0 atom stereocenters. The molecule has 0 unspecified atom stereocenters. The summed E-state index contributed by atoms with van der Waals surface area (Å²) in [5, 5.41) is 3.12. The number of halogens is 4. The Morgan fingerprint density at radius 3 is 2.00 bits per heavy atom. The average Bonchev–Trinajstić information content (AvgIpc) is 2.03. The summed E-state index contributed by atoms with van der Waals surface area (Å²) in [5.41, 5.74) is -1.61. The van der Waals surface area contributed by atoms with E-state index in [0.29, 0.717) is 13.1 Å². The van der Waals surface area contributed by atoms with Gasteiger partial charge in [0.25, 0.3) is 0 Å². The minimum atomic E-state index is -4.11. The van der Waals surface area contributed by atoms with Crippen molar-refractivity contribution in [3.63, 3.8) is 0 Å². The minimum absolute atomic E-state index is 0. The fraction of sp³-hybridized carbons (Fsp3) is 1.00. The van der Waals surface area contributed by atoms with Crippen LogP contribution in [0.25, 0.3) is 0 Å². The highest BCUT2D eigenvalue weighted by atomic mass is 35.5. The Morgan fingerprint density at radius 1 is 1.13 bits per heavy atom. The molecule has 1 heterocycles. The van der Waals surface area contributed by atoms with Crippen molar-refractivity contribution in [2.45, 2.75) is 20.0 Å². The second-order valence-electron chi connectivity index (χ2n) is 4.41. The van der Waals surface area contributed by atoms with Crippen LogP contribution in [0.5, 0.6) is 0 Å². The number of nitrogens with one attached hydrogen (secondary N) is 1. The summed E-state index contributed by atoms with van der Waals surface area (Å²) in [4.78, 5) is 1.87. The Hall–Kier alpha value is -0.0000000000000000555. The second-order valence-corrected chi connectivity index (χ2v) is 4.41. The minimum Gasteiger partial charge on any atom is -0.314 e. The predicted molar refractivity (Wildman–Crippen MR) is 56.4 cm³/mol. The molecule has 15 heavy (non-hydrogen) atoms. The van der Waals surface area contributed by atoms with Crippen LogP contribution in [0.15, 0.2) is 0 Å². The molecule has 0 saturated carbocycles. The lowest BCUT2D eigenvalue weighted by Crippen LogP contribution is -2.50. The standard InChI is InChI=1S/C9H17F3N2.ClH/c1-8(2,9(10,11)12)7-14-5-3-13-4-6-14;/h13H,3-7H2,1-2H3;1H. The molecule has 1 rings (SSSR count). The van der Waals surface area contributed by atoms with Gasteiger partial charge in [-0.1, -0.05) is 0 Å². The van der Waals surface area contributed by atoms with Crippen LogP contribution >= 0.6 is 12.4 Å². The van der Waals surface area contributed by atoms with E-state index in [1.165, 1.54) is 13.8 Å². The number of nitrogens with zero attached hydrogens (tertiary/aromatic N) is 1. The first-order chi connectivity index (χ1) is 6.33. The highest BCUT2D eigenvalue weighted by Gasteiger charge is 2.47. The third kappa shape index (κ3) is 4.17. The maximum absolute atomic E-state index is 12.5. The quantitative estimate of drug-likeness (QED) is 0.801. The van der Waals surface area contributed by atoms with Crippen molar-refractivity contribution in [2.75, 3.05) is 32.7 Å². The van der Waals surface area contributed by atoms with Crippen molar-refractivity contribution >= 4 is 12.4 Å². The van der Waals surface area contributed by atoms with Crippen LogP contribution in [0.1, 0.15) is 13.8 Å². The van der Waals surface area contributed by atoms with Gasteiger partial charge in [0.15, 0.2) is 0 Å². The van der Waals surface area contributed by atoms with E-state index in [1.54, 1.807) is 0 Å². The van der Waals surface area contributed by atoms with Gasteiger partial charge in [0.2, 0.25) is 0 Å². The Bertz CT molecular complexity index is 188. The summed E-state index contributed by atoms with van der Waals surface area (Å²) < 4.78 is 37.6. The van der Waals surface area contributed by atoms with Crippen LogP contribution < -0.4 is 5.32 Å². The van der Waals surface area contributed by atoms with Gasteiger partial charge >= 0.3 is 6.18 Å². The molecule has 1 aliphatic rings. The average molecular weight is 247 g/mol. The molecule has 92 valence electrons. The van der Waals surface area contributed by atoms with E-state index in [2.05, 4.69) is 5.32 Å². The molecular weight excluding hydrogens is 229 g/mol. The molecule has 0 aromatic carbocycles. The SMILES string of the molecule is CC(C)(CN1CCNCC1)C(F)(F)F.Cl. The van der Waals surface area contributed by atoms with E-state index < -0.39 is 11.6 Å². The van der Waals surface area contributed by atoms with Crippen LogP contribution in [0.3, 0.4) is 0 Å². The molecule has 0 bridgehead atoms. The van der Waals surface area contributed by atoms with Crippen LogP contribution in [-0.4, -0.2) is 43.8 Å². The fourth-order valence-corrected chi connectivity index (χ4v) is 1.52. The van der Waals surface area contributed by atoms with Crippen molar-refractivity contribution in [1.82, 2.24) is 10.2 Å². The molecule has 0 radical (unpaired) electrons. The van der Waals surface area contributed by atoms with Gasteiger partial charge in [-0.3, -0.25) is 4.90 Å². The van der Waals surface area contributed by atoms with E-state index in [0.717, 1.165) is 13.1 Å². The van der Waals surface area contributed by atoms with Crippen molar-refractivity contribution < 1.29 is 13.2 Å². The van der Waals surface area contributed by atoms with Gasteiger partial charge in [0, 0.05) is 32.7 Å². The van der Waals surface area contributed by atoms with Crippen molar-refractivity contribution in [1.29, 1.82) is 0 Å². The Labute approximate surface area is 94.6 Å². The second kappa shape index (κ2) is 5.37. The molecule has 1 aliphatic heterocycles. The lowest BCUT2D eigenvalue weighted by molar-refractivity contribution is -0.216. The normalized spacial score (nSPS) is 19.8. The molecule has 1 saturated heterocycles. The van der Waals surface area contributed by atoms with Crippen molar-refractivity contribution in [3.05, 3.63) is 0 Å². The highest BCUT2D eigenvalue weighted by molar-refractivity contribution is 5.85. The molecule has 1 N–H and O–H groups in total. The zero-order valence-electron chi connectivity index (χ0n) is 9.02. The van der Waals surface area contributed by atoms with Gasteiger partial charge in [-0.25, -0.2) is 0 Å². The van der Waals surface area contributed by atoms with Gasteiger partial charge in [-0.15, -0.1) is 12.4 Å².